The molecule has 1 N–H and O–H groups in total. The highest BCUT2D eigenvalue weighted by molar-refractivity contribution is 4.96. The van der Waals surface area contributed by atoms with Gasteiger partial charge in [-0.25, -0.2) is 0 Å². The molecule has 0 saturated carbocycles. The van der Waals surface area contributed by atoms with Gasteiger partial charge >= 0.3 is 0 Å². The van der Waals surface area contributed by atoms with E-state index in [2.05, 4.69) is 5.10 Å². The molecule has 0 aliphatic rings. The maximum Gasteiger partial charge on any atom is 0.0708 e. The molecule has 1 aromatic heterocycles. The van der Waals surface area contributed by atoms with Gasteiger partial charge in [0.1, 0.15) is 0 Å². The van der Waals surface area contributed by atoms with Crippen LogP contribution in [0.25, 0.3) is 0 Å². The fourth-order valence-corrected chi connectivity index (χ4v) is 0.840. The Kier molecular flexibility index (Phi) is 2.06. The lowest BCUT2D eigenvalue weighted by molar-refractivity contribution is 0.167. The van der Waals surface area contributed by atoms with Crippen molar-refractivity contribution < 1.29 is 5.11 Å². The van der Waals surface area contributed by atoms with Gasteiger partial charge in [0.15, 0.2) is 0 Å². The predicted molar refractivity (Wildman–Crippen MR) is 38.6 cm³/mol. The van der Waals surface area contributed by atoms with E-state index in [4.69, 9.17) is 5.11 Å². The molecule has 1 atom stereocenters. The fourth-order valence-electron chi connectivity index (χ4n) is 0.840. The molecule has 0 saturated heterocycles. The van der Waals surface area contributed by atoms with Crippen LogP contribution < -0.4 is 0 Å². The average molecular weight is 140 g/mol. The molecule has 3 nitrogen and oxygen atoms in total. The third kappa shape index (κ3) is 1.57. The maximum absolute atomic E-state index is 8.99. The Morgan fingerprint density at radius 3 is 2.90 bits per heavy atom. The standard InChI is InChI=1S/C7H12N2O/c1-6-3-4-8-9(6)5-7(2)10/h3-4,7,10H,5H2,1-2H3/t7-/m0/s1. The zero-order valence-electron chi connectivity index (χ0n) is 6.28. The molecule has 0 amide bonds. The first kappa shape index (κ1) is 7.28. The van der Waals surface area contributed by atoms with Crippen molar-refractivity contribution in [3.05, 3.63) is 18.0 Å². The molecule has 0 bridgehead atoms. The van der Waals surface area contributed by atoms with Crippen molar-refractivity contribution in [2.75, 3.05) is 0 Å². The highest BCUT2D eigenvalue weighted by atomic mass is 16.3. The van der Waals surface area contributed by atoms with Crippen LogP contribution in [0.3, 0.4) is 0 Å². The minimum Gasteiger partial charge on any atom is -0.391 e. The summed E-state index contributed by atoms with van der Waals surface area (Å²) >= 11 is 0. The zero-order chi connectivity index (χ0) is 7.56. The van der Waals surface area contributed by atoms with Crippen LogP contribution in [-0.2, 0) is 6.54 Å². The van der Waals surface area contributed by atoms with E-state index in [-0.39, 0.29) is 6.10 Å². The quantitative estimate of drug-likeness (QED) is 0.652. The van der Waals surface area contributed by atoms with Crippen LogP contribution in [0.5, 0.6) is 0 Å². The number of aryl methyl sites for hydroxylation is 1. The van der Waals surface area contributed by atoms with Gasteiger partial charge < -0.3 is 5.11 Å². The molecule has 0 aromatic carbocycles. The zero-order valence-corrected chi connectivity index (χ0v) is 6.28. The number of hydrogen-bond donors (Lipinski definition) is 1. The Morgan fingerprint density at radius 1 is 1.80 bits per heavy atom. The molecule has 10 heavy (non-hydrogen) atoms. The highest BCUT2D eigenvalue weighted by Crippen LogP contribution is 1.96. The number of rotatable bonds is 2. The van der Waals surface area contributed by atoms with E-state index >= 15 is 0 Å². The average Bonchev–Trinajstić information content (AvgIpc) is 2.15. The smallest absolute Gasteiger partial charge is 0.0708 e. The number of hydrogen-bond acceptors (Lipinski definition) is 2. The van der Waals surface area contributed by atoms with Gasteiger partial charge in [-0.05, 0) is 19.9 Å². The van der Waals surface area contributed by atoms with Crippen LogP contribution >= 0.6 is 0 Å². The van der Waals surface area contributed by atoms with Crippen LogP contribution in [0.15, 0.2) is 12.3 Å². The van der Waals surface area contributed by atoms with Crippen molar-refractivity contribution in [2.24, 2.45) is 0 Å². The highest BCUT2D eigenvalue weighted by Gasteiger charge is 1.99. The van der Waals surface area contributed by atoms with Gasteiger partial charge in [-0.2, -0.15) is 5.10 Å². The van der Waals surface area contributed by atoms with Gasteiger partial charge in [-0.15, -0.1) is 0 Å². The summed E-state index contributed by atoms with van der Waals surface area (Å²) in [5.74, 6) is 0. The molecule has 0 unspecified atom stereocenters. The SMILES string of the molecule is Cc1ccnn1C[C@H](C)O. The van der Waals surface area contributed by atoms with Crippen LogP contribution in [-0.4, -0.2) is 21.0 Å². The van der Waals surface area contributed by atoms with Crippen molar-refractivity contribution in [1.82, 2.24) is 9.78 Å². The number of aromatic nitrogens is 2. The van der Waals surface area contributed by atoms with Crippen LogP contribution in [0.2, 0.25) is 0 Å². The Bertz CT molecular complexity index is 205. The Balaban J connectivity index is 2.65. The summed E-state index contributed by atoms with van der Waals surface area (Å²) < 4.78 is 1.78. The number of aliphatic hydroxyl groups excluding tert-OH is 1. The van der Waals surface area contributed by atoms with Crippen LogP contribution in [0.4, 0.5) is 0 Å². The first-order valence-electron chi connectivity index (χ1n) is 3.36. The largest absolute Gasteiger partial charge is 0.391 e. The molecular formula is C7H12N2O. The van der Waals surface area contributed by atoms with E-state index in [0.717, 1.165) is 5.69 Å². The summed E-state index contributed by atoms with van der Waals surface area (Å²) in [5, 5.41) is 13.0. The molecule has 1 aromatic rings. The minimum absolute atomic E-state index is 0.321. The molecule has 0 radical (unpaired) electrons. The van der Waals surface area contributed by atoms with E-state index in [1.807, 2.05) is 13.0 Å². The second kappa shape index (κ2) is 2.84. The first-order chi connectivity index (χ1) is 4.70. The Morgan fingerprint density at radius 2 is 2.50 bits per heavy atom. The van der Waals surface area contributed by atoms with Crippen LogP contribution in [0, 0.1) is 6.92 Å². The van der Waals surface area contributed by atoms with E-state index < -0.39 is 0 Å². The Hall–Kier alpha value is -0.830. The monoisotopic (exact) mass is 140 g/mol. The minimum atomic E-state index is -0.321. The second-order valence-corrected chi connectivity index (χ2v) is 2.50. The van der Waals surface area contributed by atoms with E-state index in [9.17, 15) is 0 Å². The molecule has 1 heterocycles. The molecule has 56 valence electrons. The van der Waals surface area contributed by atoms with Gasteiger partial charge in [0.2, 0.25) is 0 Å². The fraction of sp³-hybridized carbons (Fsp3) is 0.571. The van der Waals surface area contributed by atoms with Crippen molar-refractivity contribution >= 4 is 0 Å². The van der Waals surface area contributed by atoms with Crippen molar-refractivity contribution in [3.63, 3.8) is 0 Å². The normalized spacial score (nSPS) is 13.5. The van der Waals surface area contributed by atoms with E-state index in [0.29, 0.717) is 6.54 Å². The molecule has 1 rings (SSSR count). The van der Waals surface area contributed by atoms with Gasteiger partial charge in [0.25, 0.3) is 0 Å². The van der Waals surface area contributed by atoms with Gasteiger partial charge in [-0.3, -0.25) is 4.68 Å². The second-order valence-electron chi connectivity index (χ2n) is 2.50. The maximum atomic E-state index is 8.99. The molecule has 0 fully saturated rings. The summed E-state index contributed by atoms with van der Waals surface area (Å²) in [4.78, 5) is 0. The molecule has 0 aliphatic carbocycles. The van der Waals surface area contributed by atoms with E-state index in [1.54, 1.807) is 17.8 Å². The third-order valence-corrected chi connectivity index (χ3v) is 1.37. The van der Waals surface area contributed by atoms with Crippen molar-refractivity contribution in [1.29, 1.82) is 0 Å². The molecule has 0 spiro atoms. The summed E-state index contributed by atoms with van der Waals surface area (Å²) in [7, 11) is 0. The topological polar surface area (TPSA) is 38.0 Å². The third-order valence-electron chi connectivity index (χ3n) is 1.37. The lowest BCUT2D eigenvalue weighted by Crippen LogP contribution is -2.13. The van der Waals surface area contributed by atoms with Gasteiger partial charge in [0.05, 0.1) is 12.6 Å². The van der Waals surface area contributed by atoms with Crippen LogP contribution in [0.1, 0.15) is 12.6 Å². The lowest BCUT2D eigenvalue weighted by Gasteiger charge is -2.05. The van der Waals surface area contributed by atoms with E-state index in [1.165, 1.54) is 0 Å². The number of aliphatic hydroxyl groups is 1. The summed E-state index contributed by atoms with van der Waals surface area (Å²) in [6.07, 6.45) is 1.41. The molecular weight excluding hydrogens is 128 g/mol. The molecule has 0 aliphatic heterocycles. The molecule has 3 heteroatoms. The van der Waals surface area contributed by atoms with Crippen molar-refractivity contribution in [2.45, 2.75) is 26.5 Å². The predicted octanol–water partition coefficient (Wildman–Crippen LogP) is 0.572. The lowest BCUT2D eigenvalue weighted by atomic mass is 10.4. The Labute approximate surface area is 60.3 Å². The van der Waals surface area contributed by atoms with Gasteiger partial charge in [0, 0.05) is 11.9 Å². The summed E-state index contributed by atoms with van der Waals surface area (Å²) in [5.41, 5.74) is 1.08. The summed E-state index contributed by atoms with van der Waals surface area (Å²) in [6.45, 7) is 4.30. The van der Waals surface area contributed by atoms with Crippen molar-refractivity contribution in [3.8, 4) is 0 Å². The van der Waals surface area contributed by atoms with Gasteiger partial charge in [-0.1, -0.05) is 0 Å². The summed E-state index contributed by atoms with van der Waals surface area (Å²) in [6, 6.07) is 1.92. The first-order valence-corrected chi connectivity index (χ1v) is 3.36. The number of nitrogens with zero attached hydrogens (tertiary/aromatic N) is 2.